The lowest BCUT2D eigenvalue weighted by Gasteiger charge is -2.04. The van der Waals surface area contributed by atoms with Gasteiger partial charge in [0.2, 0.25) is 5.91 Å². The lowest BCUT2D eigenvalue weighted by atomic mass is 10.2. The van der Waals surface area contributed by atoms with Crippen LogP contribution in [0, 0.1) is 0 Å². The number of aromatic nitrogens is 1. The second-order valence-corrected chi connectivity index (χ2v) is 4.38. The molecule has 1 aromatic heterocycles. The van der Waals surface area contributed by atoms with E-state index >= 15 is 0 Å². The van der Waals surface area contributed by atoms with E-state index < -0.39 is 17.9 Å². The monoisotopic (exact) mass is 271 g/mol. The summed E-state index contributed by atoms with van der Waals surface area (Å²) in [4.78, 5) is 36.7. The van der Waals surface area contributed by atoms with Crippen molar-refractivity contribution >= 4 is 29.2 Å². The molecule has 98 valence electrons. The summed E-state index contributed by atoms with van der Waals surface area (Å²) in [6, 6.07) is -0.606. The molecule has 0 aromatic carbocycles. The van der Waals surface area contributed by atoms with Gasteiger partial charge in [-0.1, -0.05) is 0 Å². The minimum absolute atomic E-state index is 0.0109. The van der Waals surface area contributed by atoms with Crippen LogP contribution in [0.4, 0.5) is 4.79 Å². The Kier molecular flexibility index (Phi) is 5.78. The van der Waals surface area contributed by atoms with Crippen molar-refractivity contribution in [1.82, 2.24) is 15.6 Å². The van der Waals surface area contributed by atoms with Gasteiger partial charge in [0.05, 0.1) is 6.54 Å². The number of carbonyl (C=O) groups excluding carboxylic acids is 2. The summed E-state index contributed by atoms with van der Waals surface area (Å²) < 4.78 is 0. The first kappa shape index (κ1) is 14.1. The number of amides is 3. The zero-order chi connectivity index (χ0) is 13.4. The summed E-state index contributed by atoms with van der Waals surface area (Å²) in [7, 11) is 0. The largest absolute Gasteiger partial charge is 0.481 e. The van der Waals surface area contributed by atoms with Crippen molar-refractivity contribution in [2.75, 3.05) is 0 Å². The van der Waals surface area contributed by atoms with E-state index in [-0.39, 0.29) is 25.8 Å². The number of carbonyl (C=O) groups is 3. The zero-order valence-corrected chi connectivity index (χ0v) is 10.3. The van der Waals surface area contributed by atoms with E-state index in [1.807, 2.05) is 0 Å². The number of rotatable bonds is 6. The van der Waals surface area contributed by atoms with Crippen LogP contribution in [0.25, 0.3) is 0 Å². The lowest BCUT2D eigenvalue weighted by Crippen LogP contribution is -2.38. The third kappa shape index (κ3) is 5.94. The predicted octanol–water partition coefficient (Wildman–Crippen LogP) is 0.724. The molecule has 1 rings (SSSR count). The van der Waals surface area contributed by atoms with Crippen molar-refractivity contribution in [3.05, 3.63) is 16.6 Å². The fraction of sp³-hybridized carbons (Fsp3) is 0.400. The Bertz CT molecular complexity index is 419. The molecule has 0 saturated heterocycles. The number of imide groups is 1. The van der Waals surface area contributed by atoms with Crippen LogP contribution >= 0.6 is 11.3 Å². The number of carboxylic acids is 1. The molecule has 0 fully saturated rings. The van der Waals surface area contributed by atoms with E-state index in [1.165, 1.54) is 11.3 Å². The van der Waals surface area contributed by atoms with E-state index in [9.17, 15) is 14.4 Å². The number of hydrogen-bond donors (Lipinski definition) is 3. The third-order valence-electron chi connectivity index (χ3n) is 1.93. The Hall–Kier alpha value is -1.96. The van der Waals surface area contributed by atoms with Crippen LogP contribution in [0.15, 0.2) is 11.6 Å². The highest BCUT2D eigenvalue weighted by Crippen LogP contribution is 2.02. The molecule has 0 spiro atoms. The summed E-state index contributed by atoms with van der Waals surface area (Å²) in [5.74, 6) is -1.45. The summed E-state index contributed by atoms with van der Waals surface area (Å²) in [5.41, 5.74) is 0. The van der Waals surface area contributed by atoms with Crippen LogP contribution in [0.3, 0.4) is 0 Å². The maximum atomic E-state index is 11.3. The van der Waals surface area contributed by atoms with Crippen molar-refractivity contribution < 1.29 is 19.5 Å². The van der Waals surface area contributed by atoms with Gasteiger partial charge in [-0.2, -0.15) is 0 Å². The number of nitrogens with one attached hydrogen (secondary N) is 2. The summed E-state index contributed by atoms with van der Waals surface area (Å²) in [5, 5.41) is 15.5. The lowest BCUT2D eigenvalue weighted by molar-refractivity contribution is -0.137. The van der Waals surface area contributed by atoms with Gasteiger partial charge in [-0.25, -0.2) is 9.78 Å². The first-order valence-corrected chi connectivity index (χ1v) is 6.13. The fourth-order valence-electron chi connectivity index (χ4n) is 1.13. The van der Waals surface area contributed by atoms with Crippen LogP contribution in [0.1, 0.15) is 24.3 Å². The average molecular weight is 271 g/mol. The number of carboxylic acid groups (broad SMARTS) is 1. The molecule has 0 radical (unpaired) electrons. The van der Waals surface area contributed by atoms with Gasteiger partial charge < -0.3 is 10.4 Å². The number of hydrogen-bond acceptors (Lipinski definition) is 5. The molecule has 1 aromatic rings. The van der Waals surface area contributed by atoms with Gasteiger partial charge in [0.25, 0.3) is 0 Å². The van der Waals surface area contributed by atoms with Crippen molar-refractivity contribution in [3.8, 4) is 0 Å². The topological polar surface area (TPSA) is 108 Å². The van der Waals surface area contributed by atoms with Crippen LogP contribution in [-0.4, -0.2) is 28.0 Å². The second kappa shape index (κ2) is 7.38. The molecule has 3 amide bonds. The molecule has 0 saturated carbocycles. The Morgan fingerprint density at radius 1 is 1.33 bits per heavy atom. The Morgan fingerprint density at radius 2 is 2.11 bits per heavy atom. The molecule has 0 aliphatic rings. The minimum Gasteiger partial charge on any atom is -0.481 e. The maximum absolute atomic E-state index is 11.3. The smallest absolute Gasteiger partial charge is 0.321 e. The maximum Gasteiger partial charge on any atom is 0.321 e. The van der Waals surface area contributed by atoms with E-state index in [0.29, 0.717) is 0 Å². The van der Waals surface area contributed by atoms with E-state index in [4.69, 9.17) is 5.11 Å². The van der Waals surface area contributed by atoms with Gasteiger partial charge in [-0.15, -0.1) is 11.3 Å². The van der Waals surface area contributed by atoms with Crippen LogP contribution in [0.2, 0.25) is 0 Å². The van der Waals surface area contributed by atoms with Crippen molar-refractivity contribution in [2.24, 2.45) is 0 Å². The van der Waals surface area contributed by atoms with Crippen LogP contribution in [0.5, 0.6) is 0 Å². The van der Waals surface area contributed by atoms with Crippen LogP contribution < -0.4 is 10.6 Å². The van der Waals surface area contributed by atoms with Gasteiger partial charge in [0.15, 0.2) is 0 Å². The van der Waals surface area contributed by atoms with Crippen molar-refractivity contribution in [2.45, 2.75) is 25.8 Å². The molecule has 1 heterocycles. The first-order valence-electron chi connectivity index (χ1n) is 5.26. The molecule has 0 aliphatic carbocycles. The number of urea groups is 1. The van der Waals surface area contributed by atoms with E-state index in [1.54, 1.807) is 11.6 Å². The van der Waals surface area contributed by atoms with E-state index in [2.05, 4.69) is 15.6 Å². The average Bonchev–Trinajstić information content (AvgIpc) is 2.78. The molecule has 3 N–H and O–H groups in total. The molecule has 8 heteroatoms. The van der Waals surface area contributed by atoms with Crippen LogP contribution in [-0.2, 0) is 16.1 Å². The highest BCUT2D eigenvalue weighted by Gasteiger charge is 2.08. The van der Waals surface area contributed by atoms with Gasteiger partial charge in [0.1, 0.15) is 5.01 Å². The normalized spacial score (nSPS) is 9.78. The SMILES string of the molecule is O=C(O)CCCC(=O)NC(=O)NCc1nccs1. The number of thiazole rings is 1. The van der Waals surface area contributed by atoms with Gasteiger partial charge in [-0.3, -0.25) is 14.9 Å². The highest BCUT2D eigenvalue weighted by molar-refractivity contribution is 7.09. The Labute approximate surface area is 107 Å². The summed E-state index contributed by atoms with van der Waals surface area (Å²) in [6.45, 7) is 0.256. The van der Waals surface area contributed by atoms with Gasteiger partial charge in [0, 0.05) is 24.4 Å². The van der Waals surface area contributed by atoms with Crippen molar-refractivity contribution in [3.63, 3.8) is 0 Å². The molecule has 7 nitrogen and oxygen atoms in total. The summed E-state index contributed by atoms with van der Waals surface area (Å²) in [6.07, 6.45) is 1.75. The zero-order valence-electron chi connectivity index (χ0n) is 9.51. The molecule has 0 atom stereocenters. The quantitative estimate of drug-likeness (QED) is 0.706. The van der Waals surface area contributed by atoms with Gasteiger partial charge >= 0.3 is 12.0 Å². The Balaban J connectivity index is 2.15. The molecular formula is C10H13N3O4S. The number of nitrogens with zero attached hydrogens (tertiary/aromatic N) is 1. The second-order valence-electron chi connectivity index (χ2n) is 3.40. The van der Waals surface area contributed by atoms with Gasteiger partial charge in [-0.05, 0) is 6.42 Å². The first-order chi connectivity index (χ1) is 8.58. The molecule has 0 unspecified atom stereocenters. The fourth-order valence-corrected chi connectivity index (χ4v) is 1.69. The molecule has 0 bridgehead atoms. The van der Waals surface area contributed by atoms with Crippen molar-refractivity contribution in [1.29, 1.82) is 0 Å². The number of aliphatic carboxylic acids is 1. The molecule has 18 heavy (non-hydrogen) atoms. The summed E-state index contributed by atoms with van der Waals surface area (Å²) >= 11 is 1.40. The standard InChI is InChI=1S/C10H13N3O4S/c14-7(2-1-3-9(15)16)13-10(17)12-6-8-11-4-5-18-8/h4-5H,1-3,6H2,(H,15,16)(H2,12,13,14,17). The van der Waals surface area contributed by atoms with E-state index in [0.717, 1.165) is 5.01 Å². The molecule has 0 aliphatic heterocycles. The predicted molar refractivity (Wildman–Crippen MR) is 64.0 cm³/mol. The highest BCUT2D eigenvalue weighted by atomic mass is 32.1. The minimum atomic E-state index is -0.962. The third-order valence-corrected chi connectivity index (χ3v) is 2.71. The Morgan fingerprint density at radius 3 is 2.72 bits per heavy atom. The molecular weight excluding hydrogens is 258 g/mol.